The molecule has 0 saturated heterocycles. The summed E-state index contributed by atoms with van der Waals surface area (Å²) < 4.78 is 3.38. The molecule has 0 aliphatic carbocycles. The molecular formula is C5H2Br4S. The van der Waals surface area contributed by atoms with Crippen LogP contribution in [-0.2, 0) is 5.33 Å². The zero-order chi connectivity index (χ0) is 7.72. The lowest BCUT2D eigenvalue weighted by Gasteiger charge is -1.87. The van der Waals surface area contributed by atoms with Crippen LogP contribution in [0.3, 0.4) is 0 Å². The summed E-state index contributed by atoms with van der Waals surface area (Å²) in [6, 6.07) is 0. The fraction of sp³-hybridized carbons (Fsp3) is 0.200. The first-order valence-corrected chi connectivity index (χ1v) is 6.66. The highest BCUT2D eigenvalue weighted by Gasteiger charge is 2.10. The van der Waals surface area contributed by atoms with E-state index in [0.29, 0.717) is 0 Å². The van der Waals surface area contributed by atoms with E-state index in [0.717, 1.165) is 18.1 Å². The molecule has 0 nitrogen and oxygen atoms in total. The molecule has 0 fully saturated rings. The van der Waals surface area contributed by atoms with E-state index in [9.17, 15) is 0 Å². The van der Waals surface area contributed by atoms with Gasteiger partial charge >= 0.3 is 0 Å². The summed E-state index contributed by atoms with van der Waals surface area (Å²) >= 11 is 15.4. The maximum absolute atomic E-state index is 3.46. The third kappa shape index (κ3) is 1.86. The monoisotopic (exact) mass is 410 g/mol. The number of halogens is 4. The Morgan fingerprint density at radius 1 is 1.10 bits per heavy atom. The SMILES string of the molecule is BrCc1sc(Br)c(Br)c1Br. The van der Waals surface area contributed by atoms with Crippen LogP contribution in [0, 0.1) is 0 Å². The van der Waals surface area contributed by atoms with Gasteiger partial charge in [0.05, 0.1) is 8.26 Å². The Labute approximate surface area is 96.9 Å². The van der Waals surface area contributed by atoms with Crippen LogP contribution in [0.1, 0.15) is 4.88 Å². The predicted octanol–water partition coefficient (Wildman–Crippen LogP) is 4.93. The van der Waals surface area contributed by atoms with Crippen LogP contribution in [0.25, 0.3) is 0 Å². The fourth-order valence-electron chi connectivity index (χ4n) is 0.492. The molecule has 56 valence electrons. The van der Waals surface area contributed by atoms with E-state index >= 15 is 0 Å². The molecule has 0 spiro atoms. The highest BCUT2D eigenvalue weighted by atomic mass is 79.9. The van der Waals surface area contributed by atoms with Gasteiger partial charge in [-0.3, -0.25) is 0 Å². The van der Waals surface area contributed by atoms with Gasteiger partial charge in [-0.1, -0.05) is 15.9 Å². The van der Waals surface area contributed by atoms with Gasteiger partial charge < -0.3 is 0 Å². The van der Waals surface area contributed by atoms with Crippen molar-refractivity contribution in [3.8, 4) is 0 Å². The first-order chi connectivity index (χ1) is 4.66. The van der Waals surface area contributed by atoms with Crippen LogP contribution < -0.4 is 0 Å². The van der Waals surface area contributed by atoms with Gasteiger partial charge in [-0.2, -0.15) is 0 Å². The third-order valence-corrected chi connectivity index (χ3v) is 6.99. The van der Waals surface area contributed by atoms with Gasteiger partial charge in [0, 0.05) is 14.7 Å². The Bertz CT molecular complexity index is 242. The van der Waals surface area contributed by atoms with Gasteiger partial charge in [0.1, 0.15) is 0 Å². The van der Waals surface area contributed by atoms with Gasteiger partial charge in [0.2, 0.25) is 0 Å². The molecule has 0 N–H and O–H groups in total. The summed E-state index contributed by atoms with van der Waals surface area (Å²) in [5, 5.41) is 0.891. The van der Waals surface area contributed by atoms with Crippen molar-refractivity contribution in [3.05, 3.63) is 17.6 Å². The van der Waals surface area contributed by atoms with E-state index < -0.39 is 0 Å². The van der Waals surface area contributed by atoms with Crippen molar-refractivity contribution in [2.45, 2.75) is 5.33 Å². The summed E-state index contributed by atoms with van der Waals surface area (Å²) in [6.45, 7) is 0. The molecule has 0 aliphatic rings. The zero-order valence-corrected chi connectivity index (χ0v) is 11.8. The van der Waals surface area contributed by atoms with Gasteiger partial charge in [0.25, 0.3) is 0 Å². The molecule has 0 bridgehead atoms. The molecule has 0 radical (unpaired) electrons. The topological polar surface area (TPSA) is 0 Å². The summed E-state index contributed by atoms with van der Waals surface area (Å²) in [4.78, 5) is 1.29. The molecule has 10 heavy (non-hydrogen) atoms. The third-order valence-electron chi connectivity index (χ3n) is 0.944. The average molecular weight is 414 g/mol. The molecule has 1 heterocycles. The van der Waals surface area contributed by atoms with Crippen molar-refractivity contribution >= 4 is 75.1 Å². The van der Waals surface area contributed by atoms with E-state index in [2.05, 4.69) is 63.7 Å². The van der Waals surface area contributed by atoms with E-state index in [1.807, 2.05) is 0 Å². The van der Waals surface area contributed by atoms with E-state index in [1.165, 1.54) is 4.88 Å². The first kappa shape index (κ1) is 9.71. The van der Waals surface area contributed by atoms with Gasteiger partial charge in [0.15, 0.2) is 0 Å². The summed E-state index contributed by atoms with van der Waals surface area (Å²) in [5.41, 5.74) is 0. The lowest BCUT2D eigenvalue weighted by atomic mass is 10.5. The first-order valence-electron chi connectivity index (χ1n) is 2.35. The molecule has 1 aromatic heterocycles. The van der Waals surface area contributed by atoms with Crippen molar-refractivity contribution in [1.29, 1.82) is 0 Å². The van der Waals surface area contributed by atoms with Gasteiger partial charge in [-0.15, -0.1) is 11.3 Å². The van der Waals surface area contributed by atoms with Crippen LogP contribution in [0.4, 0.5) is 0 Å². The maximum atomic E-state index is 3.46. The number of rotatable bonds is 1. The average Bonchev–Trinajstić information content (AvgIpc) is 2.17. The zero-order valence-electron chi connectivity index (χ0n) is 4.63. The Morgan fingerprint density at radius 2 is 1.70 bits per heavy atom. The van der Waals surface area contributed by atoms with E-state index in [1.54, 1.807) is 11.3 Å². The Hall–Kier alpha value is 1.62. The number of thiophene rings is 1. The van der Waals surface area contributed by atoms with Crippen LogP contribution in [0.15, 0.2) is 12.7 Å². The fourth-order valence-corrected chi connectivity index (χ4v) is 4.52. The Balaban J connectivity index is 3.17. The molecule has 0 saturated carbocycles. The second kappa shape index (κ2) is 4.03. The van der Waals surface area contributed by atoms with Crippen molar-refractivity contribution in [3.63, 3.8) is 0 Å². The minimum Gasteiger partial charge on any atom is -0.130 e. The normalized spacial score (nSPS) is 10.4. The molecule has 0 atom stereocenters. The highest BCUT2D eigenvalue weighted by molar-refractivity contribution is 9.14. The van der Waals surface area contributed by atoms with E-state index in [4.69, 9.17) is 0 Å². The predicted molar refractivity (Wildman–Crippen MR) is 60.0 cm³/mol. The molecular weight excluding hydrogens is 412 g/mol. The lowest BCUT2D eigenvalue weighted by Crippen LogP contribution is -1.66. The second-order valence-corrected chi connectivity index (χ2v) is 6.13. The van der Waals surface area contributed by atoms with Crippen LogP contribution in [0.5, 0.6) is 0 Å². The molecule has 1 aromatic rings. The number of hydrogen-bond donors (Lipinski definition) is 0. The molecule has 0 aliphatic heterocycles. The van der Waals surface area contributed by atoms with Crippen molar-refractivity contribution in [2.24, 2.45) is 0 Å². The second-order valence-electron chi connectivity index (χ2n) is 1.56. The largest absolute Gasteiger partial charge is 0.130 e. The van der Waals surface area contributed by atoms with Crippen molar-refractivity contribution in [2.75, 3.05) is 0 Å². The highest BCUT2D eigenvalue weighted by Crippen LogP contribution is 2.41. The standard InChI is InChI=1S/C5H2Br4S/c6-1-2-3(7)4(8)5(9)10-2/h1H2. The molecule has 1 rings (SSSR count). The molecule has 0 unspecified atom stereocenters. The molecule has 0 amide bonds. The summed E-state index contributed by atoms with van der Waals surface area (Å²) in [6.07, 6.45) is 0. The minimum absolute atomic E-state index is 0.891. The van der Waals surface area contributed by atoms with Crippen LogP contribution in [0.2, 0.25) is 0 Å². The Kier molecular flexibility index (Phi) is 3.91. The van der Waals surface area contributed by atoms with Gasteiger partial charge in [-0.05, 0) is 47.8 Å². The number of alkyl halides is 1. The number of hydrogen-bond acceptors (Lipinski definition) is 1. The van der Waals surface area contributed by atoms with E-state index in [-0.39, 0.29) is 0 Å². The molecule has 5 heteroatoms. The minimum atomic E-state index is 0.891. The quantitative estimate of drug-likeness (QED) is 0.573. The maximum Gasteiger partial charge on any atom is 0.0855 e. The Morgan fingerprint density at radius 3 is 1.90 bits per heavy atom. The lowest BCUT2D eigenvalue weighted by molar-refractivity contribution is 1.52. The van der Waals surface area contributed by atoms with Crippen LogP contribution >= 0.6 is 75.1 Å². The van der Waals surface area contributed by atoms with Crippen molar-refractivity contribution in [1.82, 2.24) is 0 Å². The summed E-state index contributed by atoms with van der Waals surface area (Å²) in [7, 11) is 0. The summed E-state index contributed by atoms with van der Waals surface area (Å²) in [5.74, 6) is 0. The van der Waals surface area contributed by atoms with Crippen LogP contribution in [-0.4, -0.2) is 0 Å². The molecule has 0 aromatic carbocycles. The van der Waals surface area contributed by atoms with Crippen molar-refractivity contribution < 1.29 is 0 Å². The van der Waals surface area contributed by atoms with Gasteiger partial charge in [-0.25, -0.2) is 0 Å². The smallest absolute Gasteiger partial charge is 0.0855 e.